The monoisotopic (exact) mass is 453 g/mol. The van der Waals surface area contributed by atoms with E-state index in [-0.39, 0.29) is 23.4 Å². The highest BCUT2D eigenvalue weighted by Crippen LogP contribution is 2.29. The number of halogens is 1. The molecule has 2 rings (SSSR count). The molecule has 1 atom stereocenters. The molecule has 2 aromatic rings. The average molecular weight is 454 g/mol. The van der Waals surface area contributed by atoms with Gasteiger partial charge >= 0.3 is 0 Å². The first-order chi connectivity index (χ1) is 14.2. The Kier molecular flexibility index (Phi) is 8.66. The SMILES string of the molecule is CCN(CC)S(=O)(=O)c1ccc(OC)c(NC(=O)CNC(C)c2cccc(Cl)c2)c1. The van der Waals surface area contributed by atoms with Gasteiger partial charge in [0.2, 0.25) is 15.9 Å². The number of methoxy groups -OCH3 is 1. The van der Waals surface area contributed by atoms with Crippen LogP contribution in [0.4, 0.5) is 5.69 Å². The number of sulfonamides is 1. The zero-order valence-corrected chi connectivity index (χ0v) is 19.2. The summed E-state index contributed by atoms with van der Waals surface area (Å²) in [5.74, 6) is 0.0595. The lowest BCUT2D eigenvalue weighted by Crippen LogP contribution is -2.31. The lowest BCUT2D eigenvalue weighted by atomic mass is 10.1. The summed E-state index contributed by atoms with van der Waals surface area (Å²) in [6.45, 7) is 6.23. The number of carbonyl (C=O) groups excluding carboxylic acids is 1. The zero-order chi connectivity index (χ0) is 22.3. The highest BCUT2D eigenvalue weighted by molar-refractivity contribution is 7.89. The molecule has 0 fully saturated rings. The molecular weight excluding hydrogens is 426 g/mol. The smallest absolute Gasteiger partial charge is 0.243 e. The minimum absolute atomic E-state index is 0.0316. The number of nitrogens with one attached hydrogen (secondary N) is 2. The van der Waals surface area contributed by atoms with Crippen molar-refractivity contribution in [1.29, 1.82) is 0 Å². The molecular formula is C21H28ClN3O4S. The Balaban J connectivity index is 2.13. The van der Waals surface area contributed by atoms with Crippen molar-refractivity contribution in [3.8, 4) is 5.75 Å². The Morgan fingerprint density at radius 1 is 1.17 bits per heavy atom. The quantitative estimate of drug-likeness (QED) is 0.573. The van der Waals surface area contributed by atoms with E-state index < -0.39 is 10.0 Å². The number of nitrogens with zero attached hydrogens (tertiary/aromatic N) is 1. The Hall–Kier alpha value is -2.13. The third-order valence-corrected chi connectivity index (χ3v) is 6.99. The van der Waals surface area contributed by atoms with Crippen LogP contribution in [0.3, 0.4) is 0 Å². The highest BCUT2D eigenvalue weighted by Gasteiger charge is 2.23. The molecule has 2 N–H and O–H groups in total. The van der Waals surface area contributed by atoms with Crippen LogP contribution in [0.5, 0.6) is 5.75 Å². The van der Waals surface area contributed by atoms with Gasteiger partial charge < -0.3 is 15.4 Å². The van der Waals surface area contributed by atoms with Crippen molar-refractivity contribution >= 4 is 33.2 Å². The Morgan fingerprint density at radius 3 is 2.47 bits per heavy atom. The first-order valence-corrected chi connectivity index (χ1v) is 11.5. The molecule has 0 saturated carbocycles. The molecule has 0 bridgehead atoms. The van der Waals surface area contributed by atoms with Crippen molar-refractivity contribution in [3.05, 3.63) is 53.1 Å². The maximum atomic E-state index is 12.8. The van der Waals surface area contributed by atoms with Crippen LogP contribution < -0.4 is 15.4 Å². The Morgan fingerprint density at radius 2 is 1.87 bits per heavy atom. The van der Waals surface area contributed by atoms with E-state index in [1.54, 1.807) is 19.9 Å². The molecule has 0 saturated heterocycles. The number of hydrogen-bond donors (Lipinski definition) is 2. The van der Waals surface area contributed by atoms with E-state index in [0.717, 1.165) is 5.56 Å². The van der Waals surface area contributed by atoms with Crippen LogP contribution in [0.15, 0.2) is 47.4 Å². The van der Waals surface area contributed by atoms with Gasteiger partial charge in [-0.25, -0.2) is 8.42 Å². The van der Waals surface area contributed by atoms with E-state index >= 15 is 0 Å². The Bertz CT molecular complexity index is 978. The largest absolute Gasteiger partial charge is 0.495 e. The number of amides is 1. The molecule has 0 aliphatic carbocycles. The summed E-state index contributed by atoms with van der Waals surface area (Å²) in [6, 6.07) is 11.7. The van der Waals surface area contributed by atoms with E-state index in [1.165, 1.54) is 29.6 Å². The van der Waals surface area contributed by atoms with Crippen molar-refractivity contribution in [2.45, 2.75) is 31.7 Å². The van der Waals surface area contributed by atoms with Crippen molar-refractivity contribution in [3.63, 3.8) is 0 Å². The lowest BCUT2D eigenvalue weighted by molar-refractivity contribution is -0.115. The van der Waals surface area contributed by atoms with Gasteiger partial charge in [0, 0.05) is 24.2 Å². The van der Waals surface area contributed by atoms with Gasteiger partial charge in [-0.2, -0.15) is 4.31 Å². The maximum Gasteiger partial charge on any atom is 0.243 e. The highest BCUT2D eigenvalue weighted by atomic mass is 35.5. The van der Waals surface area contributed by atoms with Gasteiger partial charge in [0.25, 0.3) is 0 Å². The molecule has 164 valence electrons. The molecule has 2 aromatic carbocycles. The molecule has 0 aliphatic heterocycles. The number of ether oxygens (including phenoxy) is 1. The number of anilines is 1. The lowest BCUT2D eigenvalue weighted by Gasteiger charge is -2.20. The van der Waals surface area contributed by atoms with Gasteiger partial charge in [-0.1, -0.05) is 37.6 Å². The fourth-order valence-corrected chi connectivity index (χ4v) is 4.68. The number of benzene rings is 2. The van der Waals surface area contributed by atoms with Crippen LogP contribution in [-0.2, 0) is 14.8 Å². The van der Waals surface area contributed by atoms with E-state index in [4.69, 9.17) is 16.3 Å². The Labute approximate surface area is 183 Å². The minimum Gasteiger partial charge on any atom is -0.495 e. The molecule has 0 heterocycles. The summed E-state index contributed by atoms with van der Waals surface area (Å²) >= 11 is 6.01. The normalized spacial score (nSPS) is 12.6. The van der Waals surface area contributed by atoms with Gasteiger partial charge in [-0.3, -0.25) is 4.79 Å². The van der Waals surface area contributed by atoms with Crippen molar-refractivity contribution in [1.82, 2.24) is 9.62 Å². The molecule has 1 unspecified atom stereocenters. The van der Waals surface area contributed by atoms with E-state index in [9.17, 15) is 13.2 Å². The third kappa shape index (κ3) is 5.95. The van der Waals surface area contributed by atoms with Crippen LogP contribution >= 0.6 is 11.6 Å². The van der Waals surface area contributed by atoms with Crippen molar-refractivity contribution in [2.75, 3.05) is 32.1 Å². The minimum atomic E-state index is -3.65. The van der Waals surface area contributed by atoms with E-state index in [0.29, 0.717) is 29.5 Å². The van der Waals surface area contributed by atoms with Gasteiger partial charge in [-0.15, -0.1) is 0 Å². The molecule has 1 amide bonds. The maximum absolute atomic E-state index is 12.8. The third-order valence-electron chi connectivity index (χ3n) is 4.71. The fraction of sp³-hybridized carbons (Fsp3) is 0.381. The second kappa shape index (κ2) is 10.8. The summed E-state index contributed by atoms with van der Waals surface area (Å²) in [5, 5.41) is 6.49. The van der Waals surface area contributed by atoms with Crippen molar-refractivity contribution in [2.24, 2.45) is 0 Å². The predicted molar refractivity (Wildman–Crippen MR) is 120 cm³/mol. The van der Waals surface area contributed by atoms with Gasteiger partial charge in [-0.05, 0) is 42.8 Å². The van der Waals surface area contributed by atoms with E-state index in [2.05, 4.69) is 10.6 Å². The predicted octanol–water partition coefficient (Wildman–Crippen LogP) is 3.67. The number of carbonyl (C=O) groups is 1. The number of hydrogen-bond acceptors (Lipinski definition) is 5. The molecule has 7 nitrogen and oxygen atoms in total. The molecule has 0 spiro atoms. The van der Waals surface area contributed by atoms with Crippen LogP contribution in [0, 0.1) is 0 Å². The van der Waals surface area contributed by atoms with E-state index in [1.807, 2.05) is 25.1 Å². The molecule has 0 radical (unpaired) electrons. The molecule has 9 heteroatoms. The zero-order valence-electron chi connectivity index (χ0n) is 17.6. The fourth-order valence-electron chi connectivity index (χ4n) is 2.99. The average Bonchev–Trinajstić information content (AvgIpc) is 2.72. The van der Waals surface area contributed by atoms with Gasteiger partial charge in [0.1, 0.15) is 5.75 Å². The summed E-state index contributed by atoms with van der Waals surface area (Å²) in [5.41, 5.74) is 1.26. The first-order valence-electron chi connectivity index (χ1n) is 9.69. The van der Waals surface area contributed by atoms with Crippen LogP contribution in [0.25, 0.3) is 0 Å². The van der Waals surface area contributed by atoms with Crippen LogP contribution in [0.1, 0.15) is 32.4 Å². The van der Waals surface area contributed by atoms with Gasteiger partial charge in [0.05, 0.1) is 24.2 Å². The molecule has 30 heavy (non-hydrogen) atoms. The number of rotatable bonds is 10. The summed E-state index contributed by atoms with van der Waals surface area (Å²) in [6.07, 6.45) is 0. The molecule has 0 aromatic heterocycles. The second-order valence-electron chi connectivity index (χ2n) is 6.66. The summed E-state index contributed by atoms with van der Waals surface area (Å²) in [7, 11) is -2.19. The standard InChI is InChI=1S/C21H28ClN3O4S/c1-5-25(6-2)30(27,28)18-10-11-20(29-4)19(13-18)24-21(26)14-23-15(3)16-8-7-9-17(22)12-16/h7-13,15,23H,5-6,14H2,1-4H3,(H,24,26). The van der Waals surface area contributed by atoms with Crippen molar-refractivity contribution < 1.29 is 17.9 Å². The summed E-state index contributed by atoms with van der Waals surface area (Å²) in [4.78, 5) is 12.6. The second-order valence-corrected chi connectivity index (χ2v) is 9.03. The van der Waals surface area contributed by atoms with Crippen LogP contribution in [0.2, 0.25) is 5.02 Å². The van der Waals surface area contributed by atoms with Gasteiger partial charge in [0.15, 0.2) is 0 Å². The van der Waals surface area contributed by atoms with Crippen LogP contribution in [-0.4, -0.2) is 45.4 Å². The first kappa shape index (κ1) is 24.1. The molecule has 0 aliphatic rings. The topological polar surface area (TPSA) is 87.7 Å². The summed E-state index contributed by atoms with van der Waals surface area (Å²) < 4.78 is 32.2.